The van der Waals surface area contributed by atoms with Gasteiger partial charge in [-0.05, 0) is 56.9 Å². The minimum atomic E-state index is 0.0166. The first-order valence-corrected chi connectivity index (χ1v) is 11.0. The molecule has 0 radical (unpaired) electrons. The number of nitrogens with one attached hydrogen (secondary N) is 1. The summed E-state index contributed by atoms with van der Waals surface area (Å²) in [6.07, 6.45) is 6.94. The smallest absolute Gasteiger partial charge is 0.260 e. The Hall–Kier alpha value is -3.48. The highest BCUT2D eigenvalue weighted by Crippen LogP contribution is 2.29. The van der Waals surface area contributed by atoms with E-state index in [1.54, 1.807) is 18.6 Å². The number of para-hydroxylation sites is 1. The zero-order chi connectivity index (χ0) is 22.5. The van der Waals surface area contributed by atoms with Crippen LogP contribution in [0.4, 0.5) is 11.5 Å². The summed E-state index contributed by atoms with van der Waals surface area (Å²) in [5.74, 6) is 1.70. The number of aryl methyl sites for hydroxylation is 3. The minimum Gasteiger partial charge on any atom is -0.483 e. The van der Waals surface area contributed by atoms with Crippen LogP contribution in [0.15, 0.2) is 48.9 Å². The molecule has 1 aromatic carbocycles. The number of anilines is 2. The van der Waals surface area contributed by atoms with Gasteiger partial charge in [-0.25, -0.2) is 4.98 Å². The topological polar surface area (TPSA) is 80.2 Å². The fraction of sp³-hybridized carbons (Fsp3) is 0.360. The highest BCUT2D eigenvalue weighted by molar-refractivity contribution is 5.78. The summed E-state index contributed by atoms with van der Waals surface area (Å²) in [6.45, 7) is 7.44. The quantitative estimate of drug-likeness (QED) is 0.626. The van der Waals surface area contributed by atoms with Crippen LogP contribution in [0.1, 0.15) is 41.3 Å². The summed E-state index contributed by atoms with van der Waals surface area (Å²) in [7, 11) is 0. The van der Waals surface area contributed by atoms with E-state index in [9.17, 15) is 4.79 Å². The van der Waals surface area contributed by atoms with Gasteiger partial charge in [0.2, 0.25) is 0 Å². The number of pyridine rings is 1. The van der Waals surface area contributed by atoms with Crippen molar-refractivity contribution < 1.29 is 9.53 Å². The van der Waals surface area contributed by atoms with Crippen LogP contribution >= 0.6 is 0 Å². The van der Waals surface area contributed by atoms with E-state index < -0.39 is 0 Å². The maximum Gasteiger partial charge on any atom is 0.260 e. The van der Waals surface area contributed by atoms with E-state index in [0.29, 0.717) is 12.4 Å². The number of likely N-dealkylation sites (tertiary alicyclic amines) is 1. The standard InChI is InChI=1S/C25H29N5O2/c1-17-6-4-7-18(2)25(17)32-16-24(31)30-11-5-8-20(15-30)22-13-21(12-19(3)28-22)29-23-14-26-9-10-27-23/h4,6-7,9-10,12-14,20H,5,8,11,15-16H2,1-3H3,(H,27,28,29)/t20-/m1/s1. The number of hydrogen-bond donors (Lipinski definition) is 1. The van der Waals surface area contributed by atoms with Crippen LogP contribution in [-0.4, -0.2) is 45.5 Å². The van der Waals surface area contributed by atoms with Crippen molar-refractivity contribution in [2.24, 2.45) is 0 Å². The molecule has 166 valence electrons. The van der Waals surface area contributed by atoms with Gasteiger partial charge < -0.3 is 15.0 Å². The first-order chi connectivity index (χ1) is 15.5. The number of amides is 1. The van der Waals surface area contributed by atoms with Crippen molar-refractivity contribution >= 4 is 17.4 Å². The highest BCUT2D eigenvalue weighted by atomic mass is 16.5. The third kappa shape index (κ3) is 5.22. The first-order valence-electron chi connectivity index (χ1n) is 11.0. The Labute approximate surface area is 188 Å². The molecule has 1 aliphatic heterocycles. The summed E-state index contributed by atoms with van der Waals surface area (Å²) in [6, 6.07) is 10.0. The lowest BCUT2D eigenvalue weighted by Gasteiger charge is -2.33. The van der Waals surface area contributed by atoms with Crippen molar-refractivity contribution in [1.29, 1.82) is 0 Å². The fourth-order valence-corrected chi connectivity index (χ4v) is 4.18. The predicted molar refractivity (Wildman–Crippen MR) is 124 cm³/mol. The molecule has 0 unspecified atom stereocenters. The number of hydrogen-bond acceptors (Lipinski definition) is 6. The van der Waals surface area contributed by atoms with Crippen molar-refractivity contribution in [3.63, 3.8) is 0 Å². The third-order valence-corrected chi connectivity index (χ3v) is 5.75. The number of ether oxygens (including phenoxy) is 1. The van der Waals surface area contributed by atoms with Crippen LogP contribution in [0.25, 0.3) is 0 Å². The molecule has 32 heavy (non-hydrogen) atoms. The molecule has 1 N–H and O–H groups in total. The second-order valence-corrected chi connectivity index (χ2v) is 8.33. The molecule has 1 saturated heterocycles. The van der Waals surface area contributed by atoms with Crippen molar-refractivity contribution in [3.8, 4) is 5.75 Å². The molecule has 0 bridgehead atoms. The van der Waals surface area contributed by atoms with Crippen molar-refractivity contribution in [2.75, 3.05) is 25.0 Å². The maximum atomic E-state index is 12.9. The van der Waals surface area contributed by atoms with Crippen LogP contribution in [-0.2, 0) is 4.79 Å². The lowest BCUT2D eigenvalue weighted by molar-refractivity contribution is -0.134. The summed E-state index contributed by atoms with van der Waals surface area (Å²) in [5, 5.41) is 3.29. The van der Waals surface area contributed by atoms with Crippen LogP contribution in [0.2, 0.25) is 0 Å². The van der Waals surface area contributed by atoms with Gasteiger partial charge in [0.05, 0.1) is 6.20 Å². The van der Waals surface area contributed by atoms with Gasteiger partial charge in [-0.15, -0.1) is 0 Å². The number of benzene rings is 1. The second-order valence-electron chi connectivity index (χ2n) is 8.33. The van der Waals surface area contributed by atoms with E-state index >= 15 is 0 Å². The van der Waals surface area contributed by atoms with Crippen LogP contribution in [0.5, 0.6) is 5.75 Å². The second kappa shape index (κ2) is 9.77. The Balaban J connectivity index is 1.42. The summed E-state index contributed by atoms with van der Waals surface area (Å²) in [4.78, 5) is 27.9. The van der Waals surface area contributed by atoms with E-state index in [0.717, 1.165) is 53.3 Å². The normalized spacial score (nSPS) is 16.0. The van der Waals surface area contributed by atoms with Gasteiger partial charge in [0, 0.05) is 48.5 Å². The van der Waals surface area contributed by atoms with Crippen LogP contribution < -0.4 is 10.1 Å². The SMILES string of the molecule is Cc1cc(Nc2cnccn2)cc([C@@H]2CCCN(C(=O)COc3c(C)cccc3C)C2)n1. The van der Waals surface area contributed by atoms with Gasteiger partial charge in [0.15, 0.2) is 6.61 Å². The number of piperidine rings is 1. The molecule has 0 aliphatic carbocycles. The molecule has 1 atom stereocenters. The van der Waals surface area contributed by atoms with Gasteiger partial charge >= 0.3 is 0 Å². The molecule has 1 fully saturated rings. The summed E-state index contributed by atoms with van der Waals surface area (Å²) < 4.78 is 5.90. The molecule has 1 aliphatic rings. The molecule has 0 saturated carbocycles. The molecule has 4 rings (SSSR count). The molecule has 0 spiro atoms. The molecular formula is C25H29N5O2. The van der Waals surface area contributed by atoms with Crippen molar-refractivity contribution in [1.82, 2.24) is 19.9 Å². The first kappa shape index (κ1) is 21.7. The molecular weight excluding hydrogens is 402 g/mol. The summed E-state index contributed by atoms with van der Waals surface area (Å²) >= 11 is 0. The average molecular weight is 432 g/mol. The molecule has 1 amide bonds. The van der Waals surface area contributed by atoms with Gasteiger partial charge in [0.1, 0.15) is 11.6 Å². The maximum absolute atomic E-state index is 12.9. The minimum absolute atomic E-state index is 0.0166. The fourth-order valence-electron chi connectivity index (χ4n) is 4.18. The van der Waals surface area contributed by atoms with E-state index in [1.165, 1.54) is 0 Å². The van der Waals surface area contributed by atoms with Gasteiger partial charge in [0.25, 0.3) is 5.91 Å². The Morgan fingerprint density at radius 2 is 2.00 bits per heavy atom. The Morgan fingerprint density at radius 3 is 2.75 bits per heavy atom. The number of carbonyl (C=O) groups excluding carboxylic acids is 1. The van der Waals surface area contributed by atoms with Gasteiger partial charge in [-0.2, -0.15) is 0 Å². The number of nitrogens with zero attached hydrogens (tertiary/aromatic N) is 4. The molecule has 3 heterocycles. The van der Waals surface area contributed by atoms with E-state index in [-0.39, 0.29) is 18.4 Å². The molecule has 2 aromatic heterocycles. The zero-order valence-corrected chi connectivity index (χ0v) is 18.8. The molecule has 7 heteroatoms. The average Bonchev–Trinajstić information content (AvgIpc) is 2.79. The van der Waals surface area contributed by atoms with E-state index in [1.807, 2.05) is 56.0 Å². The third-order valence-electron chi connectivity index (χ3n) is 5.75. The highest BCUT2D eigenvalue weighted by Gasteiger charge is 2.26. The van der Waals surface area contributed by atoms with E-state index in [2.05, 4.69) is 15.3 Å². The molecule has 3 aromatic rings. The van der Waals surface area contributed by atoms with Crippen LogP contribution in [0, 0.1) is 20.8 Å². The lowest BCUT2D eigenvalue weighted by atomic mass is 9.93. The Kier molecular flexibility index (Phi) is 6.63. The lowest BCUT2D eigenvalue weighted by Crippen LogP contribution is -2.41. The predicted octanol–water partition coefficient (Wildman–Crippen LogP) is 4.33. The Morgan fingerprint density at radius 1 is 1.19 bits per heavy atom. The van der Waals surface area contributed by atoms with Gasteiger partial charge in [-0.1, -0.05) is 18.2 Å². The van der Waals surface area contributed by atoms with E-state index in [4.69, 9.17) is 9.72 Å². The largest absolute Gasteiger partial charge is 0.483 e. The molecule has 7 nitrogen and oxygen atoms in total. The Bertz CT molecular complexity index is 1070. The number of aromatic nitrogens is 3. The van der Waals surface area contributed by atoms with Crippen molar-refractivity contribution in [3.05, 3.63) is 71.4 Å². The zero-order valence-electron chi connectivity index (χ0n) is 18.8. The monoisotopic (exact) mass is 431 g/mol. The van der Waals surface area contributed by atoms with Crippen LogP contribution in [0.3, 0.4) is 0 Å². The van der Waals surface area contributed by atoms with Crippen molar-refractivity contribution in [2.45, 2.75) is 39.5 Å². The van der Waals surface area contributed by atoms with Gasteiger partial charge in [-0.3, -0.25) is 14.8 Å². The summed E-state index contributed by atoms with van der Waals surface area (Å²) in [5.41, 5.74) is 4.93. The number of carbonyl (C=O) groups is 1. The number of rotatable bonds is 6.